The molecule has 138 valence electrons. The van der Waals surface area contributed by atoms with Crippen LogP contribution in [0.1, 0.15) is 21.5 Å². The average Bonchev–Trinajstić information content (AvgIpc) is 2.75. The Morgan fingerprint density at radius 2 is 1.43 bits per heavy atom. The van der Waals surface area contributed by atoms with Gasteiger partial charge in [0.05, 0.1) is 6.21 Å². The fraction of sp³-hybridized carbons (Fsp3) is 0. The van der Waals surface area contributed by atoms with Gasteiger partial charge in [-0.1, -0.05) is 48.5 Å². The van der Waals surface area contributed by atoms with E-state index in [4.69, 9.17) is 4.74 Å². The standard InChI is InChI=1S/C23H18N2O3/c26-22(16-13-18-7-3-1-4-8-18)28-21-14-11-19(12-15-21)17-24-25-23(27)20-9-5-2-6-10-20/h1-17H,(H,25,27). The molecule has 0 heterocycles. The molecule has 3 rings (SSSR count). The van der Waals surface area contributed by atoms with Crippen molar-refractivity contribution in [2.75, 3.05) is 0 Å². The van der Waals surface area contributed by atoms with E-state index in [1.165, 1.54) is 12.3 Å². The summed E-state index contributed by atoms with van der Waals surface area (Å²) < 4.78 is 5.25. The molecule has 0 atom stereocenters. The number of carbonyl (C=O) groups excluding carboxylic acids is 2. The Labute approximate surface area is 163 Å². The summed E-state index contributed by atoms with van der Waals surface area (Å²) in [4.78, 5) is 23.8. The van der Waals surface area contributed by atoms with Crippen molar-refractivity contribution in [3.63, 3.8) is 0 Å². The van der Waals surface area contributed by atoms with Gasteiger partial charge in [0.15, 0.2) is 0 Å². The molecule has 3 aromatic carbocycles. The number of nitrogens with one attached hydrogen (secondary N) is 1. The largest absolute Gasteiger partial charge is 0.423 e. The lowest BCUT2D eigenvalue weighted by molar-refractivity contribution is -0.128. The monoisotopic (exact) mass is 370 g/mol. The van der Waals surface area contributed by atoms with E-state index in [1.54, 1.807) is 54.6 Å². The van der Waals surface area contributed by atoms with Gasteiger partial charge in [-0.15, -0.1) is 0 Å². The zero-order valence-corrected chi connectivity index (χ0v) is 15.0. The van der Waals surface area contributed by atoms with Gasteiger partial charge in [-0.25, -0.2) is 10.2 Å². The van der Waals surface area contributed by atoms with Crippen molar-refractivity contribution in [2.45, 2.75) is 0 Å². The highest BCUT2D eigenvalue weighted by Gasteiger charge is 2.02. The molecule has 0 aliphatic rings. The summed E-state index contributed by atoms with van der Waals surface area (Å²) in [7, 11) is 0. The quantitative estimate of drug-likeness (QED) is 0.234. The maximum absolute atomic E-state index is 11.9. The highest BCUT2D eigenvalue weighted by Crippen LogP contribution is 2.12. The second-order valence-electron chi connectivity index (χ2n) is 5.80. The number of nitrogens with zero attached hydrogens (tertiary/aromatic N) is 1. The number of amides is 1. The summed E-state index contributed by atoms with van der Waals surface area (Å²) in [5, 5.41) is 3.93. The molecule has 0 unspecified atom stereocenters. The minimum Gasteiger partial charge on any atom is -0.423 e. The number of hydrogen-bond acceptors (Lipinski definition) is 4. The molecule has 0 fully saturated rings. The van der Waals surface area contributed by atoms with Crippen LogP contribution in [0.25, 0.3) is 6.08 Å². The van der Waals surface area contributed by atoms with E-state index in [-0.39, 0.29) is 5.91 Å². The van der Waals surface area contributed by atoms with Gasteiger partial charge in [-0.3, -0.25) is 4.79 Å². The number of benzene rings is 3. The van der Waals surface area contributed by atoms with Crippen LogP contribution < -0.4 is 10.2 Å². The van der Waals surface area contributed by atoms with E-state index in [0.29, 0.717) is 11.3 Å². The molecule has 1 N–H and O–H groups in total. The second kappa shape index (κ2) is 9.64. The summed E-state index contributed by atoms with van der Waals surface area (Å²) in [5.41, 5.74) is 4.67. The fourth-order valence-corrected chi connectivity index (χ4v) is 2.32. The molecule has 5 nitrogen and oxygen atoms in total. The third-order valence-corrected chi connectivity index (χ3v) is 3.73. The predicted molar refractivity (Wildman–Crippen MR) is 109 cm³/mol. The van der Waals surface area contributed by atoms with Crippen molar-refractivity contribution in [1.29, 1.82) is 0 Å². The number of rotatable bonds is 6. The maximum atomic E-state index is 11.9. The lowest BCUT2D eigenvalue weighted by Gasteiger charge is -2.02. The molecule has 0 radical (unpaired) electrons. The molecule has 0 spiro atoms. The van der Waals surface area contributed by atoms with E-state index in [1.807, 2.05) is 36.4 Å². The Morgan fingerprint density at radius 1 is 0.786 bits per heavy atom. The van der Waals surface area contributed by atoms with Gasteiger partial charge < -0.3 is 4.74 Å². The van der Waals surface area contributed by atoms with Crippen LogP contribution in [0.15, 0.2) is 96.1 Å². The summed E-state index contributed by atoms with van der Waals surface area (Å²) in [6.07, 6.45) is 4.59. The number of esters is 1. The molecule has 1 amide bonds. The molecule has 0 aliphatic carbocycles. The van der Waals surface area contributed by atoms with Crippen molar-refractivity contribution >= 4 is 24.2 Å². The molecule has 0 bridgehead atoms. The first-order valence-electron chi connectivity index (χ1n) is 8.64. The normalized spacial score (nSPS) is 10.9. The number of hydrogen-bond donors (Lipinski definition) is 1. The van der Waals surface area contributed by atoms with Crippen molar-refractivity contribution in [1.82, 2.24) is 5.43 Å². The Hall–Kier alpha value is -3.99. The lowest BCUT2D eigenvalue weighted by atomic mass is 10.2. The summed E-state index contributed by atoms with van der Waals surface area (Å²) in [6.45, 7) is 0. The van der Waals surface area contributed by atoms with Gasteiger partial charge >= 0.3 is 5.97 Å². The first kappa shape index (κ1) is 18.8. The van der Waals surface area contributed by atoms with Crippen LogP contribution in [-0.4, -0.2) is 18.1 Å². The van der Waals surface area contributed by atoms with E-state index in [9.17, 15) is 9.59 Å². The van der Waals surface area contributed by atoms with E-state index in [2.05, 4.69) is 10.5 Å². The molecule has 0 aliphatic heterocycles. The van der Waals surface area contributed by atoms with Crippen LogP contribution in [0.5, 0.6) is 5.75 Å². The highest BCUT2D eigenvalue weighted by atomic mass is 16.5. The highest BCUT2D eigenvalue weighted by molar-refractivity contribution is 5.94. The minimum absolute atomic E-state index is 0.285. The first-order chi connectivity index (χ1) is 13.7. The molecular formula is C23H18N2O3. The predicted octanol–water partition coefficient (Wildman–Crippen LogP) is 4.07. The SMILES string of the molecule is O=C(C=Cc1ccccc1)Oc1ccc(C=NNC(=O)c2ccccc2)cc1. The molecule has 5 heteroatoms. The fourth-order valence-electron chi connectivity index (χ4n) is 2.32. The minimum atomic E-state index is -0.458. The first-order valence-corrected chi connectivity index (χ1v) is 8.64. The number of carbonyl (C=O) groups is 2. The van der Waals surface area contributed by atoms with Gasteiger partial charge in [0.25, 0.3) is 5.91 Å². The second-order valence-corrected chi connectivity index (χ2v) is 5.80. The van der Waals surface area contributed by atoms with Crippen molar-refractivity contribution < 1.29 is 14.3 Å². The maximum Gasteiger partial charge on any atom is 0.336 e. The average molecular weight is 370 g/mol. The van der Waals surface area contributed by atoms with Crippen LogP contribution in [0, 0.1) is 0 Å². The van der Waals surface area contributed by atoms with E-state index >= 15 is 0 Å². The van der Waals surface area contributed by atoms with Gasteiger partial charge in [-0.05, 0) is 53.6 Å². The van der Waals surface area contributed by atoms with Gasteiger partial charge in [-0.2, -0.15) is 5.10 Å². The van der Waals surface area contributed by atoms with Crippen LogP contribution >= 0.6 is 0 Å². The Morgan fingerprint density at radius 3 is 2.11 bits per heavy atom. The summed E-state index contributed by atoms with van der Waals surface area (Å²) >= 11 is 0. The Bertz CT molecular complexity index is 979. The molecule has 0 saturated carbocycles. The van der Waals surface area contributed by atoms with Crippen molar-refractivity contribution in [3.8, 4) is 5.75 Å². The third kappa shape index (κ3) is 5.78. The number of ether oxygens (including phenoxy) is 1. The summed E-state index contributed by atoms with van der Waals surface area (Å²) in [5.74, 6) is -0.318. The van der Waals surface area contributed by atoms with Crippen molar-refractivity contribution in [2.24, 2.45) is 5.10 Å². The van der Waals surface area contributed by atoms with Gasteiger partial charge in [0.1, 0.15) is 5.75 Å². The molecule has 0 aromatic heterocycles. The molecular weight excluding hydrogens is 352 g/mol. The van der Waals surface area contributed by atoms with Crippen LogP contribution in [0.3, 0.4) is 0 Å². The van der Waals surface area contributed by atoms with Gasteiger partial charge in [0.2, 0.25) is 0 Å². The topological polar surface area (TPSA) is 67.8 Å². The smallest absolute Gasteiger partial charge is 0.336 e. The molecule has 28 heavy (non-hydrogen) atoms. The molecule has 0 saturated heterocycles. The Kier molecular flexibility index (Phi) is 6.47. The lowest BCUT2D eigenvalue weighted by Crippen LogP contribution is -2.17. The summed E-state index contributed by atoms with van der Waals surface area (Å²) in [6, 6.07) is 25.1. The van der Waals surface area contributed by atoms with Gasteiger partial charge in [0, 0.05) is 11.6 Å². The van der Waals surface area contributed by atoms with Crippen LogP contribution in [-0.2, 0) is 4.79 Å². The van der Waals surface area contributed by atoms with E-state index < -0.39 is 5.97 Å². The van der Waals surface area contributed by atoms with Crippen LogP contribution in [0.4, 0.5) is 0 Å². The zero-order chi connectivity index (χ0) is 19.6. The third-order valence-electron chi connectivity index (χ3n) is 3.73. The zero-order valence-electron chi connectivity index (χ0n) is 15.0. The number of hydrazone groups is 1. The van der Waals surface area contributed by atoms with Crippen LogP contribution in [0.2, 0.25) is 0 Å². The molecule has 3 aromatic rings. The van der Waals surface area contributed by atoms with Crippen molar-refractivity contribution in [3.05, 3.63) is 108 Å². The van der Waals surface area contributed by atoms with E-state index in [0.717, 1.165) is 11.1 Å². The Balaban J connectivity index is 1.51.